The molecule has 0 saturated carbocycles. The van der Waals surface area contributed by atoms with Crippen LogP contribution in [0.1, 0.15) is 407 Å². The number of ether oxygens (including phenoxy) is 4. The zero-order chi connectivity index (χ0) is 70.5. The van der Waals surface area contributed by atoms with E-state index in [1.165, 1.54) is 218 Å². The van der Waals surface area contributed by atoms with Gasteiger partial charge in [-0.2, -0.15) is 0 Å². The molecule has 5 atom stereocenters. The van der Waals surface area contributed by atoms with Crippen molar-refractivity contribution in [3.8, 4) is 0 Å². The second-order valence-corrected chi connectivity index (χ2v) is 31.1. The number of rotatable bonds is 77. The van der Waals surface area contributed by atoms with Crippen LogP contribution in [0.2, 0.25) is 0 Å². The SMILES string of the molecule is CCCCCCCCCCCCCCCCCCCCCC(=O)O[C@H](COC(=O)CCCCCCCCCCCCCCC(C)C)COP(=O)(O)OC[C@@H](O)COP(=O)(O)OC[C@@H](COC(=O)CCCCCCCCC)OC(=O)CCCCCCCCCCCCCCCCC. The molecule has 0 rings (SSSR count). The van der Waals surface area contributed by atoms with Gasteiger partial charge < -0.3 is 33.8 Å². The van der Waals surface area contributed by atoms with Gasteiger partial charge in [0.2, 0.25) is 0 Å². The molecule has 0 fully saturated rings. The summed E-state index contributed by atoms with van der Waals surface area (Å²) in [6.07, 6.45) is 59.8. The summed E-state index contributed by atoms with van der Waals surface area (Å²) >= 11 is 0. The molecule has 0 bridgehead atoms. The highest BCUT2D eigenvalue weighted by atomic mass is 31.2. The van der Waals surface area contributed by atoms with Crippen LogP contribution in [0, 0.1) is 5.92 Å². The normalized spacial score (nSPS) is 13.9. The van der Waals surface area contributed by atoms with Crippen LogP contribution in [0.15, 0.2) is 0 Å². The van der Waals surface area contributed by atoms with Gasteiger partial charge in [-0.1, -0.05) is 356 Å². The van der Waals surface area contributed by atoms with E-state index in [4.69, 9.17) is 37.0 Å². The Morgan fingerprint density at radius 3 is 0.708 bits per heavy atom. The fourth-order valence-corrected chi connectivity index (χ4v) is 13.5. The van der Waals surface area contributed by atoms with Crippen LogP contribution >= 0.6 is 15.6 Å². The molecule has 0 aliphatic carbocycles. The third kappa shape index (κ3) is 70.5. The zero-order valence-corrected chi connectivity index (χ0v) is 64.3. The molecule has 0 spiro atoms. The molecule has 2 unspecified atom stereocenters. The Morgan fingerprint density at radius 2 is 0.479 bits per heavy atom. The predicted molar refractivity (Wildman–Crippen MR) is 391 cm³/mol. The second-order valence-electron chi connectivity index (χ2n) is 28.2. The molecule has 0 aromatic carbocycles. The lowest BCUT2D eigenvalue weighted by molar-refractivity contribution is -0.161. The van der Waals surface area contributed by atoms with Gasteiger partial charge in [0.05, 0.1) is 26.4 Å². The molecule has 96 heavy (non-hydrogen) atoms. The fraction of sp³-hybridized carbons (Fsp3) is 0.948. The number of hydrogen-bond donors (Lipinski definition) is 3. The van der Waals surface area contributed by atoms with E-state index in [0.29, 0.717) is 25.7 Å². The number of unbranched alkanes of at least 4 members (excludes halogenated alkanes) is 49. The minimum absolute atomic E-state index is 0.108. The van der Waals surface area contributed by atoms with Crippen LogP contribution in [0.3, 0.4) is 0 Å². The van der Waals surface area contributed by atoms with Crippen molar-refractivity contribution in [2.24, 2.45) is 5.92 Å². The molecule has 19 heteroatoms. The van der Waals surface area contributed by atoms with Crippen LogP contribution in [0.5, 0.6) is 0 Å². The second kappa shape index (κ2) is 70.1. The summed E-state index contributed by atoms with van der Waals surface area (Å²) in [4.78, 5) is 72.7. The van der Waals surface area contributed by atoms with Crippen molar-refractivity contribution in [1.29, 1.82) is 0 Å². The van der Waals surface area contributed by atoms with E-state index in [9.17, 15) is 43.2 Å². The van der Waals surface area contributed by atoms with Crippen LogP contribution in [-0.4, -0.2) is 96.7 Å². The van der Waals surface area contributed by atoms with Gasteiger partial charge in [-0.3, -0.25) is 37.3 Å². The topological polar surface area (TPSA) is 237 Å². The average Bonchev–Trinajstić information content (AvgIpc) is 1.30. The van der Waals surface area contributed by atoms with Crippen molar-refractivity contribution in [2.45, 2.75) is 425 Å². The summed E-state index contributed by atoms with van der Waals surface area (Å²) in [6, 6.07) is 0. The maximum atomic E-state index is 13.1. The van der Waals surface area contributed by atoms with E-state index in [1.54, 1.807) is 0 Å². The van der Waals surface area contributed by atoms with Crippen LogP contribution in [-0.2, 0) is 65.4 Å². The van der Waals surface area contributed by atoms with Gasteiger partial charge in [-0.05, 0) is 31.6 Å². The summed E-state index contributed by atoms with van der Waals surface area (Å²) in [5.74, 6) is -1.33. The monoisotopic (exact) mass is 1410 g/mol. The first-order chi connectivity index (χ1) is 46.5. The van der Waals surface area contributed by atoms with Crippen molar-refractivity contribution in [3.63, 3.8) is 0 Å². The number of hydrogen-bond acceptors (Lipinski definition) is 15. The van der Waals surface area contributed by atoms with Crippen molar-refractivity contribution in [1.82, 2.24) is 0 Å². The van der Waals surface area contributed by atoms with Gasteiger partial charge in [0.25, 0.3) is 0 Å². The molecule has 0 aliphatic rings. The summed E-state index contributed by atoms with van der Waals surface area (Å²) in [5, 5.41) is 10.6. The largest absolute Gasteiger partial charge is 0.472 e. The third-order valence-electron chi connectivity index (χ3n) is 18.0. The maximum absolute atomic E-state index is 13.1. The van der Waals surface area contributed by atoms with E-state index < -0.39 is 97.5 Å². The number of aliphatic hydroxyl groups is 1. The van der Waals surface area contributed by atoms with Gasteiger partial charge in [0.1, 0.15) is 19.3 Å². The highest BCUT2D eigenvalue weighted by molar-refractivity contribution is 7.47. The Balaban J connectivity index is 5.18. The number of phosphoric acid groups is 2. The van der Waals surface area contributed by atoms with Crippen molar-refractivity contribution in [3.05, 3.63) is 0 Å². The predicted octanol–water partition coefficient (Wildman–Crippen LogP) is 22.9. The van der Waals surface area contributed by atoms with E-state index in [1.807, 2.05) is 0 Å². The molecule has 17 nitrogen and oxygen atoms in total. The zero-order valence-electron chi connectivity index (χ0n) is 62.5. The van der Waals surface area contributed by atoms with Gasteiger partial charge >= 0.3 is 39.5 Å². The Bertz CT molecular complexity index is 1840. The molecular formula is C77H150O17P2. The van der Waals surface area contributed by atoms with E-state index in [0.717, 1.165) is 109 Å². The van der Waals surface area contributed by atoms with Gasteiger partial charge in [0.15, 0.2) is 12.2 Å². The minimum atomic E-state index is -4.96. The van der Waals surface area contributed by atoms with Crippen LogP contribution in [0.25, 0.3) is 0 Å². The van der Waals surface area contributed by atoms with Crippen LogP contribution in [0.4, 0.5) is 0 Å². The van der Waals surface area contributed by atoms with Gasteiger partial charge in [-0.15, -0.1) is 0 Å². The van der Waals surface area contributed by atoms with E-state index >= 15 is 0 Å². The third-order valence-corrected chi connectivity index (χ3v) is 19.9. The Labute approximate surface area is 588 Å². The number of carbonyl (C=O) groups is 4. The van der Waals surface area contributed by atoms with Gasteiger partial charge in [0, 0.05) is 25.7 Å². The first-order valence-corrected chi connectivity index (χ1v) is 43.1. The highest BCUT2D eigenvalue weighted by Gasteiger charge is 2.30. The summed E-state index contributed by atoms with van der Waals surface area (Å²) < 4.78 is 68.5. The highest BCUT2D eigenvalue weighted by Crippen LogP contribution is 2.45. The summed E-state index contributed by atoms with van der Waals surface area (Å²) in [5.41, 5.74) is 0. The van der Waals surface area contributed by atoms with Crippen molar-refractivity contribution in [2.75, 3.05) is 39.6 Å². The Kier molecular flexibility index (Phi) is 68.7. The Morgan fingerprint density at radius 1 is 0.281 bits per heavy atom. The quantitative estimate of drug-likeness (QED) is 0.0222. The number of phosphoric ester groups is 2. The number of carbonyl (C=O) groups excluding carboxylic acids is 4. The lowest BCUT2D eigenvalue weighted by Gasteiger charge is -2.21. The minimum Gasteiger partial charge on any atom is -0.462 e. The smallest absolute Gasteiger partial charge is 0.462 e. The molecule has 0 aliphatic heterocycles. The summed E-state index contributed by atoms with van der Waals surface area (Å²) in [6.45, 7) is 7.28. The summed E-state index contributed by atoms with van der Waals surface area (Å²) in [7, 11) is -9.91. The molecule has 0 heterocycles. The maximum Gasteiger partial charge on any atom is 0.472 e. The molecule has 0 aromatic heterocycles. The Hall–Kier alpha value is -1.94. The average molecular weight is 1410 g/mol. The fourth-order valence-electron chi connectivity index (χ4n) is 11.9. The molecule has 0 saturated heterocycles. The van der Waals surface area contributed by atoms with Crippen molar-refractivity contribution >= 4 is 39.5 Å². The number of aliphatic hydroxyl groups excluding tert-OH is 1. The number of esters is 4. The molecule has 0 amide bonds. The lowest BCUT2D eigenvalue weighted by atomic mass is 10.0. The molecule has 0 radical (unpaired) electrons. The molecule has 3 N–H and O–H groups in total. The lowest BCUT2D eigenvalue weighted by Crippen LogP contribution is -2.30. The molecular weight excluding hydrogens is 1260 g/mol. The van der Waals surface area contributed by atoms with Gasteiger partial charge in [-0.25, -0.2) is 9.13 Å². The molecule has 570 valence electrons. The van der Waals surface area contributed by atoms with E-state index in [2.05, 4.69) is 34.6 Å². The van der Waals surface area contributed by atoms with E-state index in [-0.39, 0.29) is 25.7 Å². The standard InChI is InChI=1S/C77H150O17P2/c1-6-9-12-15-18-20-22-24-26-27-28-29-31-33-39-43-48-53-58-63-77(82)94-73(67-88-75(80)61-56-51-46-41-37-35-34-36-40-45-49-54-59-70(4)5)69-92-96(85,86)90-65-71(78)64-89-95(83,84)91-68-72(66-87-74(79)60-55-50-44-17-14-11-8-3)93-76(81)62-57-52-47-42-38-32-30-25-23-21-19-16-13-10-7-2/h70-73,78H,6-69H2,1-5H3,(H,83,84)(H,85,86)/t71-,72+,73+/m0/s1. The first-order valence-electron chi connectivity index (χ1n) is 40.1. The first kappa shape index (κ1) is 94.1. The molecule has 0 aromatic rings. The van der Waals surface area contributed by atoms with Crippen LogP contribution < -0.4 is 0 Å². The van der Waals surface area contributed by atoms with Crippen molar-refractivity contribution < 1.29 is 80.2 Å².